The van der Waals surface area contributed by atoms with Crippen molar-refractivity contribution in [3.63, 3.8) is 0 Å². The van der Waals surface area contributed by atoms with Gasteiger partial charge in [0.1, 0.15) is 0 Å². The minimum Gasteiger partial charge on any atom is -0.454 e. The van der Waals surface area contributed by atoms with E-state index in [4.69, 9.17) is 9.47 Å². The molecule has 0 aliphatic carbocycles. The smallest absolute Gasteiger partial charge is 0.248 e. The number of anilines is 1. The second-order valence-electron chi connectivity index (χ2n) is 4.66. The van der Waals surface area contributed by atoms with Crippen LogP contribution in [0.4, 0.5) is 5.69 Å². The standard InChI is InChI=1S/C17H15NO3S/c1-22-14-6-4-13(5-7-14)18-17(19)9-3-12-2-8-15-16(10-12)21-11-20-15/h2-10H,11H2,1H3,(H,18,19)/b9-3+. The van der Waals surface area contributed by atoms with E-state index in [0.29, 0.717) is 5.75 Å². The lowest BCUT2D eigenvalue weighted by molar-refractivity contribution is -0.111. The zero-order valence-corrected chi connectivity index (χ0v) is 12.9. The van der Waals surface area contributed by atoms with Crippen LogP contribution in [0.25, 0.3) is 6.08 Å². The number of hydrogen-bond acceptors (Lipinski definition) is 4. The predicted octanol–water partition coefficient (Wildman–Crippen LogP) is 3.79. The SMILES string of the molecule is CSc1ccc(NC(=O)/C=C/c2ccc3c(c2)OCO3)cc1. The highest BCUT2D eigenvalue weighted by Gasteiger charge is 2.12. The van der Waals surface area contributed by atoms with E-state index in [9.17, 15) is 4.79 Å². The average Bonchev–Trinajstić information content (AvgIpc) is 3.01. The molecular weight excluding hydrogens is 298 g/mol. The molecule has 0 aromatic heterocycles. The summed E-state index contributed by atoms with van der Waals surface area (Å²) < 4.78 is 10.6. The van der Waals surface area contributed by atoms with Crippen LogP contribution in [-0.4, -0.2) is 19.0 Å². The summed E-state index contributed by atoms with van der Waals surface area (Å²) in [5, 5.41) is 2.82. The molecule has 2 aromatic carbocycles. The van der Waals surface area contributed by atoms with Gasteiger partial charge in [-0.1, -0.05) is 6.07 Å². The van der Waals surface area contributed by atoms with E-state index in [0.717, 1.165) is 21.9 Å². The maximum atomic E-state index is 11.9. The van der Waals surface area contributed by atoms with Crippen molar-refractivity contribution in [1.82, 2.24) is 0 Å². The first-order valence-electron chi connectivity index (χ1n) is 6.77. The van der Waals surface area contributed by atoms with Crippen LogP contribution in [0.5, 0.6) is 11.5 Å². The third-order valence-electron chi connectivity index (χ3n) is 3.18. The van der Waals surface area contributed by atoms with Gasteiger partial charge in [-0.05, 0) is 54.3 Å². The number of hydrogen-bond donors (Lipinski definition) is 1. The Balaban J connectivity index is 1.63. The molecule has 3 rings (SSSR count). The van der Waals surface area contributed by atoms with Gasteiger partial charge in [-0.2, -0.15) is 0 Å². The van der Waals surface area contributed by atoms with Crippen LogP contribution in [0.15, 0.2) is 53.4 Å². The van der Waals surface area contributed by atoms with E-state index in [-0.39, 0.29) is 12.7 Å². The number of amides is 1. The molecule has 0 fully saturated rings. The quantitative estimate of drug-likeness (QED) is 0.689. The van der Waals surface area contributed by atoms with E-state index in [1.807, 2.05) is 48.7 Å². The fourth-order valence-corrected chi connectivity index (χ4v) is 2.46. The summed E-state index contributed by atoms with van der Waals surface area (Å²) >= 11 is 1.66. The Hall–Kier alpha value is -2.40. The van der Waals surface area contributed by atoms with Gasteiger partial charge in [0.25, 0.3) is 0 Å². The van der Waals surface area contributed by atoms with E-state index in [1.54, 1.807) is 17.8 Å². The Kier molecular flexibility index (Phi) is 4.34. The van der Waals surface area contributed by atoms with Crippen molar-refractivity contribution in [1.29, 1.82) is 0 Å². The van der Waals surface area contributed by atoms with E-state index in [1.165, 1.54) is 6.08 Å². The molecular formula is C17H15NO3S. The number of benzene rings is 2. The largest absolute Gasteiger partial charge is 0.454 e. The highest BCUT2D eigenvalue weighted by Crippen LogP contribution is 2.32. The van der Waals surface area contributed by atoms with Gasteiger partial charge in [0.2, 0.25) is 12.7 Å². The maximum absolute atomic E-state index is 11.9. The molecule has 4 nitrogen and oxygen atoms in total. The number of carbonyl (C=O) groups excluding carboxylic acids is 1. The van der Waals surface area contributed by atoms with Gasteiger partial charge in [0, 0.05) is 16.7 Å². The number of carbonyl (C=O) groups is 1. The third kappa shape index (κ3) is 3.43. The molecule has 0 atom stereocenters. The van der Waals surface area contributed by atoms with Crippen LogP contribution in [-0.2, 0) is 4.79 Å². The van der Waals surface area contributed by atoms with Gasteiger partial charge in [0.05, 0.1) is 0 Å². The van der Waals surface area contributed by atoms with Crippen molar-refractivity contribution in [3.8, 4) is 11.5 Å². The number of thioether (sulfide) groups is 1. The van der Waals surface area contributed by atoms with E-state index in [2.05, 4.69) is 5.32 Å². The van der Waals surface area contributed by atoms with Crippen molar-refractivity contribution in [2.24, 2.45) is 0 Å². The molecule has 1 amide bonds. The zero-order chi connectivity index (χ0) is 15.4. The van der Waals surface area contributed by atoms with Crippen molar-refractivity contribution < 1.29 is 14.3 Å². The Morgan fingerprint density at radius 3 is 2.68 bits per heavy atom. The van der Waals surface area contributed by atoms with Crippen molar-refractivity contribution in [3.05, 3.63) is 54.1 Å². The Bertz CT molecular complexity index is 710. The number of fused-ring (bicyclic) bond motifs is 1. The third-order valence-corrected chi connectivity index (χ3v) is 3.92. The summed E-state index contributed by atoms with van der Waals surface area (Å²) in [6.07, 6.45) is 5.26. The first-order chi connectivity index (χ1) is 10.7. The van der Waals surface area contributed by atoms with Crippen LogP contribution < -0.4 is 14.8 Å². The molecule has 112 valence electrons. The molecule has 1 heterocycles. The van der Waals surface area contributed by atoms with Crippen LogP contribution in [0, 0.1) is 0 Å². The zero-order valence-electron chi connectivity index (χ0n) is 12.0. The van der Waals surface area contributed by atoms with Crippen LogP contribution in [0.1, 0.15) is 5.56 Å². The summed E-state index contributed by atoms with van der Waals surface area (Å²) in [6.45, 7) is 0.245. The lowest BCUT2D eigenvalue weighted by atomic mass is 10.2. The molecule has 22 heavy (non-hydrogen) atoms. The van der Waals surface area contributed by atoms with Gasteiger partial charge in [-0.3, -0.25) is 4.79 Å². The first-order valence-corrected chi connectivity index (χ1v) is 8.00. The molecule has 0 radical (unpaired) electrons. The van der Waals surface area contributed by atoms with E-state index < -0.39 is 0 Å². The topological polar surface area (TPSA) is 47.6 Å². The summed E-state index contributed by atoms with van der Waals surface area (Å²) in [5.41, 5.74) is 1.66. The number of ether oxygens (including phenoxy) is 2. The predicted molar refractivity (Wildman–Crippen MR) is 88.5 cm³/mol. The molecule has 0 saturated heterocycles. The molecule has 1 aliphatic heterocycles. The Morgan fingerprint density at radius 1 is 1.14 bits per heavy atom. The molecule has 0 unspecified atom stereocenters. The summed E-state index contributed by atoms with van der Waals surface area (Å²) in [7, 11) is 0. The first kappa shape index (κ1) is 14.5. The van der Waals surface area contributed by atoms with Gasteiger partial charge in [-0.25, -0.2) is 0 Å². The fraction of sp³-hybridized carbons (Fsp3) is 0.118. The van der Waals surface area contributed by atoms with E-state index >= 15 is 0 Å². The normalized spacial score (nSPS) is 12.6. The molecule has 1 N–H and O–H groups in total. The fourth-order valence-electron chi connectivity index (χ4n) is 2.05. The number of nitrogens with one attached hydrogen (secondary N) is 1. The molecule has 0 bridgehead atoms. The highest BCUT2D eigenvalue weighted by atomic mass is 32.2. The van der Waals surface area contributed by atoms with Crippen LogP contribution in [0.2, 0.25) is 0 Å². The average molecular weight is 313 g/mol. The lowest BCUT2D eigenvalue weighted by Gasteiger charge is -2.03. The minimum atomic E-state index is -0.172. The minimum absolute atomic E-state index is 0.172. The van der Waals surface area contributed by atoms with Gasteiger partial charge < -0.3 is 14.8 Å². The summed E-state index contributed by atoms with van der Waals surface area (Å²) in [4.78, 5) is 13.1. The second-order valence-corrected chi connectivity index (χ2v) is 5.54. The van der Waals surface area contributed by atoms with Gasteiger partial charge in [-0.15, -0.1) is 11.8 Å². The van der Waals surface area contributed by atoms with Gasteiger partial charge >= 0.3 is 0 Å². The summed E-state index contributed by atoms with van der Waals surface area (Å²) in [6, 6.07) is 13.3. The monoisotopic (exact) mass is 313 g/mol. The molecule has 5 heteroatoms. The molecule has 1 aliphatic rings. The molecule has 2 aromatic rings. The Morgan fingerprint density at radius 2 is 1.91 bits per heavy atom. The number of rotatable bonds is 4. The van der Waals surface area contributed by atoms with Crippen LogP contribution in [0.3, 0.4) is 0 Å². The molecule has 0 saturated carbocycles. The van der Waals surface area contributed by atoms with Crippen molar-refractivity contribution in [2.75, 3.05) is 18.4 Å². The highest BCUT2D eigenvalue weighted by molar-refractivity contribution is 7.98. The van der Waals surface area contributed by atoms with Gasteiger partial charge in [0.15, 0.2) is 11.5 Å². The maximum Gasteiger partial charge on any atom is 0.248 e. The second kappa shape index (κ2) is 6.58. The van der Waals surface area contributed by atoms with Crippen LogP contribution >= 0.6 is 11.8 Å². The molecule has 0 spiro atoms. The van der Waals surface area contributed by atoms with Crippen molar-refractivity contribution in [2.45, 2.75) is 4.90 Å². The summed E-state index contributed by atoms with van der Waals surface area (Å²) in [5.74, 6) is 1.26. The van der Waals surface area contributed by atoms with Crippen molar-refractivity contribution >= 4 is 29.4 Å². The Labute approximate surface area is 133 Å². The lowest BCUT2D eigenvalue weighted by Crippen LogP contribution is -2.07.